The first-order valence-corrected chi connectivity index (χ1v) is 6.12. The minimum absolute atomic E-state index is 0.213. The fraction of sp³-hybridized carbons (Fsp3) is 1.00. The molecule has 0 aromatic heterocycles. The monoisotopic (exact) mass is 234 g/mol. The fourth-order valence-corrected chi connectivity index (χ4v) is 1.34. The van der Waals surface area contributed by atoms with Gasteiger partial charge in [0, 0.05) is 13.2 Å². The number of aliphatic hydroxyl groups excluding tert-OH is 3. The molecule has 0 aliphatic carbocycles. The molecule has 0 atom stereocenters. The van der Waals surface area contributed by atoms with Crippen LogP contribution in [0, 0.1) is 0 Å². The summed E-state index contributed by atoms with van der Waals surface area (Å²) < 4.78 is 0. The molecular formula is C11H26N2O3. The van der Waals surface area contributed by atoms with Gasteiger partial charge >= 0.3 is 0 Å². The number of aliphatic hydroxyl groups is 3. The second kappa shape index (κ2) is 12.9. The minimum Gasteiger partial charge on any atom is -0.396 e. The van der Waals surface area contributed by atoms with Gasteiger partial charge in [-0.1, -0.05) is 0 Å². The van der Waals surface area contributed by atoms with Crippen molar-refractivity contribution in [2.45, 2.75) is 31.8 Å². The predicted octanol–water partition coefficient (Wildman–Crippen LogP) is -0.928. The third-order valence-corrected chi connectivity index (χ3v) is 2.33. The van der Waals surface area contributed by atoms with Crippen LogP contribution in [0.1, 0.15) is 25.7 Å². The molecule has 0 unspecified atom stereocenters. The van der Waals surface area contributed by atoms with Crippen LogP contribution in [0.5, 0.6) is 0 Å². The van der Waals surface area contributed by atoms with Gasteiger partial charge in [-0.3, -0.25) is 0 Å². The Kier molecular flexibility index (Phi) is 12.7. The Labute approximate surface area is 97.9 Å². The maximum absolute atomic E-state index is 9.58. The summed E-state index contributed by atoms with van der Waals surface area (Å²) in [7, 11) is 0. The largest absolute Gasteiger partial charge is 0.396 e. The van der Waals surface area contributed by atoms with E-state index < -0.39 is 0 Å². The van der Waals surface area contributed by atoms with Crippen LogP contribution in [0.2, 0.25) is 0 Å². The quantitative estimate of drug-likeness (QED) is 0.282. The molecule has 5 N–H and O–H groups in total. The second-order valence-corrected chi connectivity index (χ2v) is 3.89. The molecule has 5 nitrogen and oxygen atoms in total. The summed E-state index contributed by atoms with van der Waals surface area (Å²) in [5, 5.41) is 33.0. The Bertz CT molecular complexity index is 122. The Morgan fingerprint density at radius 1 is 0.750 bits per heavy atom. The standard InChI is InChI=1S/C11H26N2O3/c14-9-1-5-12-7-3-11(16)4-8-13-6-2-10-15/h11-16H,1-10H2. The normalized spacial score (nSPS) is 11.2. The Morgan fingerprint density at radius 3 is 1.56 bits per heavy atom. The highest BCUT2D eigenvalue weighted by Crippen LogP contribution is 1.95. The van der Waals surface area contributed by atoms with Crippen molar-refractivity contribution in [1.82, 2.24) is 10.6 Å². The second-order valence-electron chi connectivity index (χ2n) is 3.89. The van der Waals surface area contributed by atoms with Crippen LogP contribution in [0.3, 0.4) is 0 Å². The lowest BCUT2D eigenvalue weighted by Gasteiger charge is -2.11. The SMILES string of the molecule is OCCCNCCC(O)CCNCCCO. The van der Waals surface area contributed by atoms with Crippen LogP contribution < -0.4 is 10.6 Å². The summed E-state index contributed by atoms with van der Waals surface area (Å²) in [6, 6.07) is 0. The van der Waals surface area contributed by atoms with Gasteiger partial charge in [-0.15, -0.1) is 0 Å². The summed E-state index contributed by atoms with van der Waals surface area (Å²) in [4.78, 5) is 0. The van der Waals surface area contributed by atoms with E-state index in [9.17, 15) is 5.11 Å². The summed E-state index contributed by atoms with van der Waals surface area (Å²) in [6.45, 7) is 3.61. The van der Waals surface area contributed by atoms with Gasteiger partial charge in [0.05, 0.1) is 6.10 Å². The van der Waals surface area contributed by atoms with E-state index in [-0.39, 0.29) is 19.3 Å². The highest BCUT2D eigenvalue weighted by molar-refractivity contribution is 4.60. The van der Waals surface area contributed by atoms with Crippen LogP contribution >= 0.6 is 0 Å². The van der Waals surface area contributed by atoms with Crippen LogP contribution in [0.4, 0.5) is 0 Å². The predicted molar refractivity (Wildman–Crippen MR) is 64.4 cm³/mol. The van der Waals surface area contributed by atoms with Crippen LogP contribution in [0.25, 0.3) is 0 Å². The van der Waals surface area contributed by atoms with Crippen molar-refractivity contribution in [3.05, 3.63) is 0 Å². The molecule has 0 spiro atoms. The zero-order valence-corrected chi connectivity index (χ0v) is 9.99. The highest BCUT2D eigenvalue weighted by Gasteiger charge is 2.02. The average Bonchev–Trinajstić information content (AvgIpc) is 2.28. The molecule has 0 saturated heterocycles. The minimum atomic E-state index is -0.275. The van der Waals surface area contributed by atoms with E-state index in [1.807, 2.05) is 0 Å². The molecule has 0 bridgehead atoms. The van der Waals surface area contributed by atoms with Crippen molar-refractivity contribution >= 4 is 0 Å². The van der Waals surface area contributed by atoms with Gasteiger partial charge in [-0.2, -0.15) is 0 Å². The molecule has 0 radical (unpaired) electrons. The van der Waals surface area contributed by atoms with Gasteiger partial charge in [-0.25, -0.2) is 0 Å². The number of hydrogen-bond acceptors (Lipinski definition) is 5. The molecule has 98 valence electrons. The molecule has 0 aliphatic rings. The first-order chi connectivity index (χ1) is 7.81. The van der Waals surface area contributed by atoms with E-state index in [1.54, 1.807) is 0 Å². The van der Waals surface area contributed by atoms with Gasteiger partial charge in [0.25, 0.3) is 0 Å². The van der Waals surface area contributed by atoms with E-state index in [0.29, 0.717) is 0 Å². The van der Waals surface area contributed by atoms with Gasteiger partial charge in [-0.05, 0) is 51.9 Å². The zero-order chi connectivity index (χ0) is 12.1. The van der Waals surface area contributed by atoms with E-state index in [4.69, 9.17) is 10.2 Å². The lowest BCUT2D eigenvalue weighted by Crippen LogP contribution is -2.26. The van der Waals surface area contributed by atoms with E-state index in [1.165, 1.54) is 0 Å². The van der Waals surface area contributed by atoms with Crippen molar-refractivity contribution in [1.29, 1.82) is 0 Å². The van der Waals surface area contributed by atoms with Gasteiger partial charge in [0.2, 0.25) is 0 Å². The topological polar surface area (TPSA) is 84.8 Å². The maximum atomic E-state index is 9.58. The van der Waals surface area contributed by atoms with Crippen molar-refractivity contribution in [3.63, 3.8) is 0 Å². The lowest BCUT2D eigenvalue weighted by molar-refractivity contribution is 0.153. The molecule has 0 aromatic rings. The highest BCUT2D eigenvalue weighted by atomic mass is 16.3. The fourth-order valence-electron chi connectivity index (χ4n) is 1.34. The molecule has 5 heteroatoms. The molecule has 0 aliphatic heterocycles. The van der Waals surface area contributed by atoms with E-state index in [0.717, 1.165) is 51.9 Å². The summed E-state index contributed by atoms with van der Waals surface area (Å²) in [6.07, 6.45) is 2.74. The molecule has 0 aromatic carbocycles. The number of rotatable bonds is 12. The van der Waals surface area contributed by atoms with Gasteiger partial charge in [0.1, 0.15) is 0 Å². The average molecular weight is 234 g/mol. The molecule has 0 amide bonds. The zero-order valence-electron chi connectivity index (χ0n) is 9.99. The van der Waals surface area contributed by atoms with Crippen LogP contribution in [-0.2, 0) is 0 Å². The maximum Gasteiger partial charge on any atom is 0.0564 e. The summed E-state index contributed by atoms with van der Waals surface area (Å²) in [5.74, 6) is 0. The third kappa shape index (κ3) is 11.9. The third-order valence-electron chi connectivity index (χ3n) is 2.33. The Balaban J connectivity index is 3.09. The first-order valence-electron chi connectivity index (χ1n) is 6.12. The van der Waals surface area contributed by atoms with Crippen molar-refractivity contribution in [2.75, 3.05) is 39.4 Å². The summed E-state index contributed by atoms with van der Waals surface area (Å²) in [5.41, 5.74) is 0. The van der Waals surface area contributed by atoms with E-state index in [2.05, 4.69) is 10.6 Å². The van der Waals surface area contributed by atoms with Crippen molar-refractivity contribution < 1.29 is 15.3 Å². The van der Waals surface area contributed by atoms with Crippen LogP contribution in [0.15, 0.2) is 0 Å². The van der Waals surface area contributed by atoms with Crippen molar-refractivity contribution in [2.24, 2.45) is 0 Å². The van der Waals surface area contributed by atoms with Crippen molar-refractivity contribution in [3.8, 4) is 0 Å². The molecule has 0 fully saturated rings. The molecule has 0 saturated carbocycles. The molecular weight excluding hydrogens is 208 g/mol. The summed E-state index contributed by atoms with van der Waals surface area (Å²) >= 11 is 0. The van der Waals surface area contributed by atoms with E-state index >= 15 is 0 Å². The van der Waals surface area contributed by atoms with Gasteiger partial charge < -0.3 is 26.0 Å². The molecule has 16 heavy (non-hydrogen) atoms. The number of nitrogens with one attached hydrogen (secondary N) is 2. The Hall–Kier alpha value is -0.200. The molecule has 0 rings (SSSR count). The van der Waals surface area contributed by atoms with Crippen LogP contribution in [-0.4, -0.2) is 60.8 Å². The first kappa shape index (κ1) is 15.8. The Morgan fingerprint density at radius 2 is 1.19 bits per heavy atom. The number of hydrogen-bond donors (Lipinski definition) is 5. The van der Waals surface area contributed by atoms with Gasteiger partial charge in [0.15, 0.2) is 0 Å². The lowest BCUT2D eigenvalue weighted by atomic mass is 10.2. The molecule has 0 heterocycles. The smallest absolute Gasteiger partial charge is 0.0564 e.